The zero-order chi connectivity index (χ0) is 20.8. The molecule has 3 fully saturated rings. The number of hydrogen-bond acceptors (Lipinski definition) is 7. The van der Waals surface area contributed by atoms with Crippen LogP contribution in [-0.2, 0) is 33.3 Å². The summed E-state index contributed by atoms with van der Waals surface area (Å²) in [6, 6.07) is 9.00. The molecule has 9 heteroatoms. The van der Waals surface area contributed by atoms with Crippen molar-refractivity contribution in [2.75, 3.05) is 11.9 Å². The predicted molar refractivity (Wildman–Crippen MR) is 101 cm³/mol. The first-order valence-corrected chi connectivity index (χ1v) is 9.63. The molecule has 0 aromatic heterocycles. The van der Waals surface area contributed by atoms with Crippen LogP contribution >= 0.6 is 0 Å². The normalized spacial score (nSPS) is 34.1. The average molecular weight is 406 g/mol. The maximum absolute atomic E-state index is 12.8. The van der Waals surface area contributed by atoms with Crippen molar-refractivity contribution in [3.05, 3.63) is 30.3 Å². The molecule has 4 rings (SSSR count). The molecule has 1 aromatic carbocycles. The number of nitrogens with one attached hydrogen (secondary N) is 2. The van der Waals surface area contributed by atoms with E-state index in [4.69, 9.17) is 23.7 Å². The highest BCUT2D eigenvalue weighted by molar-refractivity contribution is 5.95. The molecule has 3 heterocycles. The third-order valence-electron chi connectivity index (χ3n) is 4.89. The minimum Gasteiger partial charge on any atom is -0.345 e. The summed E-state index contributed by atoms with van der Waals surface area (Å²) in [5, 5.41) is 5.32. The van der Waals surface area contributed by atoms with Crippen molar-refractivity contribution >= 4 is 17.5 Å². The molecule has 0 aliphatic carbocycles. The molecule has 29 heavy (non-hydrogen) atoms. The highest BCUT2D eigenvalue weighted by Gasteiger charge is 2.62. The summed E-state index contributed by atoms with van der Waals surface area (Å²) in [6.45, 7) is 6.88. The van der Waals surface area contributed by atoms with Gasteiger partial charge in [-0.05, 0) is 39.8 Å². The van der Waals surface area contributed by atoms with Gasteiger partial charge < -0.3 is 34.3 Å². The van der Waals surface area contributed by atoms with Crippen molar-refractivity contribution in [2.24, 2.45) is 0 Å². The number of para-hydroxylation sites is 1. The Morgan fingerprint density at radius 2 is 1.52 bits per heavy atom. The lowest BCUT2D eigenvalue weighted by Gasteiger charge is -2.36. The van der Waals surface area contributed by atoms with Crippen LogP contribution in [0.15, 0.2) is 30.3 Å². The smallest absolute Gasteiger partial charge is 0.252 e. The fourth-order valence-corrected chi connectivity index (χ4v) is 3.82. The van der Waals surface area contributed by atoms with Gasteiger partial charge in [0.2, 0.25) is 5.91 Å². The first kappa shape index (κ1) is 20.2. The van der Waals surface area contributed by atoms with Gasteiger partial charge in [-0.1, -0.05) is 18.2 Å². The Kier molecular flexibility index (Phi) is 5.12. The van der Waals surface area contributed by atoms with Crippen LogP contribution in [0.4, 0.5) is 5.69 Å². The second-order valence-electron chi connectivity index (χ2n) is 8.22. The van der Waals surface area contributed by atoms with Gasteiger partial charge in [0.1, 0.15) is 18.3 Å². The zero-order valence-corrected chi connectivity index (χ0v) is 16.8. The molecular weight excluding hydrogens is 380 g/mol. The number of hydrogen-bond donors (Lipinski definition) is 2. The van der Waals surface area contributed by atoms with E-state index in [1.165, 1.54) is 0 Å². The third-order valence-corrected chi connectivity index (χ3v) is 4.89. The molecule has 0 saturated carbocycles. The topological polar surface area (TPSA) is 104 Å². The monoisotopic (exact) mass is 406 g/mol. The molecule has 3 saturated heterocycles. The van der Waals surface area contributed by atoms with Crippen LogP contribution in [0, 0.1) is 0 Å². The van der Waals surface area contributed by atoms with Crippen molar-refractivity contribution in [3.63, 3.8) is 0 Å². The Morgan fingerprint density at radius 1 is 0.897 bits per heavy atom. The summed E-state index contributed by atoms with van der Waals surface area (Å²) in [6.07, 6.45) is -3.48. The first-order valence-electron chi connectivity index (χ1n) is 9.63. The summed E-state index contributed by atoms with van der Waals surface area (Å²) < 4.78 is 29.4. The molecule has 9 nitrogen and oxygen atoms in total. The summed E-state index contributed by atoms with van der Waals surface area (Å²) in [7, 11) is 0. The molecule has 0 spiro atoms. The van der Waals surface area contributed by atoms with Crippen molar-refractivity contribution in [1.82, 2.24) is 5.32 Å². The van der Waals surface area contributed by atoms with Gasteiger partial charge in [0.05, 0.1) is 6.54 Å². The Bertz CT molecular complexity index is 782. The van der Waals surface area contributed by atoms with E-state index in [2.05, 4.69) is 10.6 Å². The Balaban J connectivity index is 1.41. The van der Waals surface area contributed by atoms with Crippen molar-refractivity contribution in [3.8, 4) is 0 Å². The number of anilines is 1. The standard InChI is InChI=1S/C20H26N2O7/c1-19(2)26-13-14(27-19)16-18(29-20(3,4)28-16)25-15(13)17(24)21-10-12(23)22-11-8-6-5-7-9-11/h5-9,13-16,18H,10H2,1-4H3,(H,21,24)(H,22,23)/t13-,14+,15+,16-,18-/m1/s1. The Labute approximate surface area is 169 Å². The second-order valence-corrected chi connectivity index (χ2v) is 8.22. The van der Waals surface area contributed by atoms with E-state index >= 15 is 0 Å². The summed E-state index contributed by atoms with van der Waals surface area (Å²) in [5.74, 6) is -2.58. The van der Waals surface area contributed by atoms with Gasteiger partial charge in [0.15, 0.2) is 24.0 Å². The molecule has 5 atom stereocenters. The van der Waals surface area contributed by atoms with Gasteiger partial charge >= 0.3 is 0 Å². The van der Waals surface area contributed by atoms with Gasteiger partial charge in [-0.15, -0.1) is 0 Å². The van der Waals surface area contributed by atoms with E-state index in [0.29, 0.717) is 5.69 Å². The largest absolute Gasteiger partial charge is 0.345 e. The van der Waals surface area contributed by atoms with Crippen LogP contribution < -0.4 is 10.6 Å². The lowest BCUT2D eigenvalue weighted by atomic mass is 9.98. The number of carbonyl (C=O) groups is 2. The molecule has 0 unspecified atom stereocenters. The molecule has 2 N–H and O–H groups in total. The maximum atomic E-state index is 12.8. The molecule has 3 aliphatic heterocycles. The highest BCUT2D eigenvalue weighted by atomic mass is 16.9. The number of amides is 2. The van der Waals surface area contributed by atoms with E-state index in [9.17, 15) is 9.59 Å². The van der Waals surface area contributed by atoms with Crippen LogP contribution in [0.3, 0.4) is 0 Å². The van der Waals surface area contributed by atoms with E-state index in [-0.39, 0.29) is 12.5 Å². The van der Waals surface area contributed by atoms with Gasteiger partial charge in [0, 0.05) is 5.69 Å². The van der Waals surface area contributed by atoms with E-state index in [1.807, 2.05) is 18.2 Å². The van der Waals surface area contributed by atoms with Crippen LogP contribution in [0.2, 0.25) is 0 Å². The first-order chi connectivity index (χ1) is 13.6. The van der Waals surface area contributed by atoms with Crippen molar-refractivity contribution in [2.45, 2.75) is 70.0 Å². The number of fused-ring (bicyclic) bond motifs is 3. The van der Waals surface area contributed by atoms with Crippen molar-refractivity contribution in [1.29, 1.82) is 0 Å². The Hall–Kier alpha value is -2.04. The summed E-state index contributed by atoms with van der Waals surface area (Å²) in [4.78, 5) is 24.9. The van der Waals surface area contributed by atoms with Gasteiger partial charge in [-0.2, -0.15) is 0 Å². The number of ether oxygens (including phenoxy) is 5. The Morgan fingerprint density at radius 3 is 2.24 bits per heavy atom. The highest BCUT2D eigenvalue weighted by Crippen LogP contribution is 2.44. The molecule has 0 bridgehead atoms. The van der Waals surface area contributed by atoms with E-state index < -0.39 is 48.2 Å². The maximum Gasteiger partial charge on any atom is 0.252 e. The molecule has 158 valence electrons. The quantitative estimate of drug-likeness (QED) is 0.773. The summed E-state index contributed by atoms with van der Waals surface area (Å²) >= 11 is 0. The van der Waals surface area contributed by atoms with Crippen LogP contribution in [0.5, 0.6) is 0 Å². The van der Waals surface area contributed by atoms with E-state index in [1.54, 1.807) is 39.8 Å². The van der Waals surface area contributed by atoms with Crippen molar-refractivity contribution < 1.29 is 33.3 Å². The minimum atomic E-state index is -0.995. The van der Waals surface area contributed by atoms with Crippen LogP contribution in [0.1, 0.15) is 27.7 Å². The predicted octanol–water partition coefficient (Wildman–Crippen LogP) is 1.14. The molecule has 1 aromatic rings. The average Bonchev–Trinajstić information content (AvgIpc) is 3.13. The van der Waals surface area contributed by atoms with Crippen LogP contribution in [-0.4, -0.2) is 60.6 Å². The number of rotatable bonds is 4. The fraction of sp³-hybridized carbons (Fsp3) is 0.600. The minimum absolute atomic E-state index is 0.202. The van der Waals surface area contributed by atoms with Gasteiger partial charge in [-0.3, -0.25) is 9.59 Å². The van der Waals surface area contributed by atoms with Crippen LogP contribution in [0.25, 0.3) is 0 Å². The van der Waals surface area contributed by atoms with E-state index in [0.717, 1.165) is 0 Å². The van der Waals surface area contributed by atoms with Gasteiger partial charge in [-0.25, -0.2) is 0 Å². The SMILES string of the molecule is CC1(C)O[C@H]2[C@@H](O1)[C@@H](C(=O)NCC(=O)Nc1ccccc1)O[C@@H]1OC(C)(C)O[C@@H]12. The molecule has 2 amide bonds. The number of carbonyl (C=O) groups excluding carboxylic acids is 2. The molecular formula is C20H26N2O7. The lowest BCUT2D eigenvalue weighted by Crippen LogP contribution is -2.59. The second kappa shape index (κ2) is 7.33. The van der Waals surface area contributed by atoms with Gasteiger partial charge in [0.25, 0.3) is 5.91 Å². The lowest BCUT2D eigenvalue weighted by molar-refractivity contribution is -0.231. The molecule has 0 radical (unpaired) electrons. The zero-order valence-electron chi connectivity index (χ0n) is 16.8. The summed E-state index contributed by atoms with van der Waals surface area (Å²) in [5.41, 5.74) is 0.650. The molecule has 3 aliphatic rings. The third kappa shape index (κ3) is 4.29. The number of benzene rings is 1. The fourth-order valence-electron chi connectivity index (χ4n) is 3.82.